The molecule has 0 aliphatic rings. The molecule has 3 N–H and O–H groups in total. The maximum atomic E-state index is 9.49. The second kappa shape index (κ2) is 4.89. The first-order valence-corrected chi connectivity index (χ1v) is 5.96. The van der Waals surface area contributed by atoms with Gasteiger partial charge in [0.05, 0.1) is 6.10 Å². The summed E-state index contributed by atoms with van der Waals surface area (Å²) in [6.07, 6.45) is -0.610. The monoisotopic (exact) mass is 371 g/mol. The quantitative estimate of drug-likeness (QED) is 0.783. The molecule has 0 saturated carbocycles. The molecule has 0 aliphatic heterocycles. The molecule has 13 heavy (non-hydrogen) atoms. The molecule has 5 heteroatoms. The molecule has 0 aromatic heterocycles. The summed E-state index contributed by atoms with van der Waals surface area (Å²) in [7, 11) is 0. The standard InChI is InChI=1S/C8H8Br3NO/c9-5-1-4(7(13)3-12)2-6(10)8(5)11/h1-2,7,13H,3,12H2. The Labute approximate surface area is 102 Å². The van der Waals surface area contributed by atoms with Crippen LogP contribution in [0.1, 0.15) is 11.7 Å². The van der Waals surface area contributed by atoms with Crippen LogP contribution in [-0.4, -0.2) is 11.7 Å². The molecule has 0 bridgehead atoms. The lowest BCUT2D eigenvalue weighted by atomic mass is 10.1. The number of aliphatic hydroxyl groups is 1. The van der Waals surface area contributed by atoms with Crippen molar-refractivity contribution in [3.63, 3.8) is 0 Å². The molecule has 1 aromatic rings. The molecule has 0 heterocycles. The van der Waals surface area contributed by atoms with Gasteiger partial charge in [-0.3, -0.25) is 0 Å². The molecule has 0 fully saturated rings. The van der Waals surface area contributed by atoms with Gasteiger partial charge in [0.2, 0.25) is 0 Å². The zero-order valence-electron chi connectivity index (χ0n) is 6.60. The lowest BCUT2D eigenvalue weighted by Crippen LogP contribution is -2.11. The van der Waals surface area contributed by atoms with Gasteiger partial charge in [-0.15, -0.1) is 0 Å². The number of aliphatic hydroxyl groups excluding tert-OH is 1. The average molecular weight is 374 g/mol. The molecule has 1 rings (SSSR count). The van der Waals surface area contributed by atoms with Gasteiger partial charge in [-0.05, 0) is 65.5 Å². The Balaban J connectivity index is 3.13. The lowest BCUT2D eigenvalue weighted by Gasteiger charge is -2.10. The van der Waals surface area contributed by atoms with E-state index in [2.05, 4.69) is 47.8 Å². The highest BCUT2D eigenvalue weighted by molar-refractivity contribution is 9.14. The van der Waals surface area contributed by atoms with Gasteiger partial charge in [0.15, 0.2) is 0 Å². The van der Waals surface area contributed by atoms with Crippen LogP contribution in [0.4, 0.5) is 0 Å². The minimum absolute atomic E-state index is 0.223. The van der Waals surface area contributed by atoms with Crippen LogP contribution >= 0.6 is 47.8 Å². The van der Waals surface area contributed by atoms with Crippen molar-refractivity contribution in [1.82, 2.24) is 0 Å². The summed E-state index contributed by atoms with van der Waals surface area (Å²) in [5.41, 5.74) is 6.15. The maximum Gasteiger partial charge on any atom is 0.0913 e. The Hall–Kier alpha value is 0.580. The highest BCUT2D eigenvalue weighted by Gasteiger charge is 2.10. The van der Waals surface area contributed by atoms with E-state index in [0.717, 1.165) is 19.0 Å². The fourth-order valence-electron chi connectivity index (χ4n) is 0.904. The van der Waals surface area contributed by atoms with Gasteiger partial charge in [-0.1, -0.05) is 0 Å². The molecule has 0 aliphatic carbocycles. The van der Waals surface area contributed by atoms with E-state index in [1.54, 1.807) is 0 Å². The van der Waals surface area contributed by atoms with Crippen molar-refractivity contribution >= 4 is 47.8 Å². The Morgan fingerprint density at radius 2 is 1.69 bits per heavy atom. The number of benzene rings is 1. The summed E-state index contributed by atoms with van der Waals surface area (Å²) in [6.45, 7) is 0.223. The fraction of sp³-hybridized carbons (Fsp3) is 0.250. The Bertz CT molecular complexity index is 293. The minimum Gasteiger partial charge on any atom is -0.387 e. The number of nitrogens with two attached hydrogens (primary N) is 1. The Morgan fingerprint density at radius 3 is 2.08 bits per heavy atom. The average Bonchev–Trinajstić information content (AvgIpc) is 2.12. The molecule has 1 aromatic carbocycles. The van der Waals surface area contributed by atoms with Gasteiger partial charge < -0.3 is 10.8 Å². The number of rotatable bonds is 2. The molecule has 0 radical (unpaired) electrons. The molecule has 72 valence electrons. The SMILES string of the molecule is NCC(O)c1cc(Br)c(Br)c(Br)c1. The zero-order valence-corrected chi connectivity index (χ0v) is 11.4. The first kappa shape index (κ1) is 11.7. The van der Waals surface area contributed by atoms with Gasteiger partial charge in [0, 0.05) is 20.0 Å². The minimum atomic E-state index is -0.610. The van der Waals surface area contributed by atoms with Crippen LogP contribution in [0.2, 0.25) is 0 Å². The van der Waals surface area contributed by atoms with E-state index in [9.17, 15) is 5.11 Å². The molecular formula is C8H8Br3NO. The van der Waals surface area contributed by atoms with Gasteiger partial charge in [-0.25, -0.2) is 0 Å². The van der Waals surface area contributed by atoms with E-state index in [1.807, 2.05) is 12.1 Å². The van der Waals surface area contributed by atoms with Crippen LogP contribution < -0.4 is 5.73 Å². The van der Waals surface area contributed by atoms with E-state index < -0.39 is 6.10 Å². The summed E-state index contributed by atoms with van der Waals surface area (Å²) in [4.78, 5) is 0. The van der Waals surface area contributed by atoms with Crippen molar-refractivity contribution in [2.75, 3.05) is 6.54 Å². The van der Waals surface area contributed by atoms with E-state index in [4.69, 9.17) is 5.73 Å². The maximum absolute atomic E-state index is 9.49. The largest absolute Gasteiger partial charge is 0.387 e. The smallest absolute Gasteiger partial charge is 0.0913 e. The molecule has 0 amide bonds. The summed E-state index contributed by atoms with van der Waals surface area (Å²) < 4.78 is 2.72. The first-order chi connectivity index (χ1) is 6.06. The van der Waals surface area contributed by atoms with Crippen LogP contribution in [0, 0.1) is 0 Å². The summed E-state index contributed by atoms with van der Waals surface area (Å²) in [6, 6.07) is 3.68. The summed E-state index contributed by atoms with van der Waals surface area (Å²) in [5.74, 6) is 0. The van der Waals surface area contributed by atoms with Crippen LogP contribution in [0.25, 0.3) is 0 Å². The number of halogens is 3. The topological polar surface area (TPSA) is 46.2 Å². The van der Waals surface area contributed by atoms with E-state index >= 15 is 0 Å². The molecule has 2 nitrogen and oxygen atoms in total. The molecular weight excluding hydrogens is 366 g/mol. The normalized spacial score (nSPS) is 13.0. The highest BCUT2D eigenvalue weighted by atomic mass is 79.9. The van der Waals surface area contributed by atoms with Crippen molar-refractivity contribution in [1.29, 1.82) is 0 Å². The number of hydrogen-bond acceptors (Lipinski definition) is 2. The molecule has 0 saturated heterocycles. The zero-order chi connectivity index (χ0) is 10.0. The van der Waals surface area contributed by atoms with Crippen LogP contribution in [0.3, 0.4) is 0 Å². The second-order valence-corrected chi connectivity index (χ2v) is 5.05. The van der Waals surface area contributed by atoms with Crippen molar-refractivity contribution < 1.29 is 5.11 Å². The molecule has 1 unspecified atom stereocenters. The Kier molecular flexibility index (Phi) is 4.38. The van der Waals surface area contributed by atoms with E-state index in [-0.39, 0.29) is 6.54 Å². The first-order valence-electron chi connectivity index (χ1n) is 3.59. The van der Waals surface area contributed by atoms with Crippen molar-refractivity contribution in [2.45, 2.75) is 6.10 Å². The Morgan fingerprint density at radius 1 is 1.23 bits per heavy atom. The van der Waals surface area contributed by atoms with Crippen LogP contribution in [0.15, 0.2) is 25.6 Å². The van der Waals surface area contributed by atoms with Gasteiger partial charge >= 0.3 is 0 Å². The third kappa shape index (κ3) is 2.76. The fourth-order valence-corrected chi connectivity index (χ4v) is 2.35. The summed E-state index contributed by atoms with van der Waals surface area (Å²) >= 11 is 10.1. The van der Waals surface area contributed by atoms with E-state index in [1.165, 1.54) is 0 Å². The predicted octanol–water partition coefficient (Wildman–Crippen LogP) is 2.97. The predicted molar refractivity (Wildman–Crippen MR) is 63.6 cm³/mol. The van der Waals surface area contributed by atoms with E-state index in [0.29, 0.717) is 0 Å². The van der Waals surface area contributed by atoms with Crippen LogP contribution in [0.5, 0.6) is 0 Å². The van der Waals surface area contributed by atoms with Crippen molar-refractivity contribution in [3.05, 3.63) is 31.1 Å². The van der Waals surface area contributed by atoms with Gasteiger partial charge in [0.25, 0.3) is 0 Å². The van der Waals surface area contributed by atoms with Gasteiger partial charge in [0.1, 0.15) is 0 Å². The van der Waals surface area contributed by atoms with Crippen molar-refractivity contribution in [3.8, 4) is 0 Å². The highest BCUT2D eigenvalue weighted by Crippen LogP contribution is 2.33. The van der Waals surface area contributed by atoms with Crippen LogP contribution in [-0.2, 0) is 0 Å². The third-order valence-corrected chi connectivity index (χ3v) is 4.78. The van der Waals surface area contributed by atoms with Gasteiger partial charge in [-0.2, -0.15) is 0 Å². The molecule has 1 atom stereocenters. The molecule has 0 spiro atoms. The second-order valence-electron chi connectivity index (χ2n) is 2.55. The summed E-state index contributed by atoms with van der Waals surface area (Å²) in [5, 5.41) is 9.49. The lowest BCUT2D eigenvalue weighted by molar-refractivity contribution is 0.186. The number of hydrogen-bond donors (Lipinski definition) is 2. The van der Waals surface area contributed by atoms with Crippen molar-refractivity contribution in [2.24, 2.45) is 5.73 Å². The third-order valence-electron chi connectivity index (χ3n) is 1.61.